The lowest BCUT2D eigenvalue weighted by Crippen LogP contribution is -2.49. The minimum absolute atomic E-state index is 0.333. The SMILES string of the molecule is Cc1c(N)cccc1S(=O)(=O)N1CCN(CC(C)C)CC1. The average Bonchev–Trinajstić information content (AvgIpc) is 2.41. The lowest BCUT2D eigenvalue weighted by atomic mass is 10.2. The van der Waals surface area contributed by atoms with Crippen molar-refractivity contribution in [1.29, 1.82) is 0 Å². The Kier molecular flexibility index (Phi) is 4.91. The summed E-state index contributed by atoms with van der Waals surface area (Å²) in [5.74, 6) is 0.601. The topological polar surface area (TPSA) is 66.6 Å². The molecule has 0 unspecified atom stereocenters. The van der Waals surface area contributed by atoms with Gasteiger partial charge in [-0.25, -0.2) is 8.42 Å². The third kappa shape index (κ3) is 3.56. The molecule has 21 heavy (non-hydrogen) atoms. The third-order valence-electron chi connectivity index (χ3n) is 3.90. The van der Waals surface area contributed by atoms with Gasteiger partial charge in [-0.2, -0.15) is 4.31 Å². The number of nitrogens with two attached hydrogens (primary N) is 1. The largest absolute Gasteiger partial charge is 0.398 e. The normalized spacial score (nSPS) is 18.3. The number of hydrogen-bond acceptors (Lipinski definition) is 4. The number of nitrogen functional groups attached to an aromatic ring is 1. The summed E-state index contributed by atoms with van der Waals surface area (Å²) < 4.78 is 27.1. The molecule has 1 fully saturated rings. The molecule has 0 spiro atoms. The maximum Gasteiger partial charge on any atom is 0.243 e. The summed E-state index contributed by atoms with van der Waals surface area (Å²) in [7, 11) is -3.44. The van der Waals surface area contributed by atoms with E-state index in [-0.39, 0.29) is 0 Å². The number of rotatable bonds is 4. The molecule has 1 aliphatic rings. The zero-order chi connectivity index (χ0) is 15.6. The minimum Gasteiger partial charge on any atom is -0.398 e. The van der Waals surface area contributed by atoms with Crippen molar-refractivity contribution < 1.29 is 8.42 Å². The predicted octanol–water partition coefficient (Wildman–Crippen LogP) is 1.54. The van der Waals surface area contributed by atoms with Crippen LogP contribution in [0.1, 0.15) is 19.4 Å². The van der Waals surface area contributed by atoms with E-state index in [4.69, 9.17) is 5.73 Å². The molecule has 2 N–H and O–H groups in total. The van der Waals surface area contributed by atoms with Gasteiger partial charge in [0.15, 0.2) is 0 Å². The number of piperazine rings is 1. The Labute approximate surface area is 127 Å². The molecule has 1 aliphatic heterocycles. The lowest BCUT2D eigenvalue weighted by molar-refractivity contribution is 0.172. The molecule has 1 saturated heterocycles. The van der Waals surface area contributed by atoms with Crippen LogP contribution in [0.5, 0.6) is 0 Å². The van der Waals surface area contributed by atoms with Crippen molar-refractivity contribution in [2.45, 2.75) is 25.7 Å². The van der Waals surface area contributed by atoms with Crippen molar-refractivity contribution in [3.05, 3.63) is 23.8 Å². The van der Waals surface area contributed by atoms with Crippen LogP contribution in [0.15, 0.2) is 23.1 Å². The molecule has 1 aromatic carbocycles. The fraction of sp³-hybridized carbons (Fsp3) is 0.600. The van der Waals surface area contributed by atoms with Crippen LogP contribution in [0, 0.1) is 12.8 Å². The Morgan fingerprint density at radius 3 is 2.38 bits per heavy atom. The number of anilines is 1. The summed E-state index contributed by atoms with van der Waals surface area (Å²) in [6.45, 7) is 9.81. The zero-order valence-electron chi connectivity index (χ0n) is 13.0. The minimum atomic E-state index is -3.44. The van der Waals surface area contributed by atoms with Crippen LogP contribution in [0.3, 0.4) is 0 Å². The van der Waals surface area contributed by atoms with Gasteiger partial charge in [0.2, 0.25) is 10.0 Å². The quantitative estimate of drug-likeness (QED) is 0.857. The van der Waals surface area contributed by atoms with Gasteiger partial charge in [-0.15, -0.1) is 0 Å². The van der Waals surface area contributed by atoms with E-state index in [9.17, 15) is 8.42 Å². The van der Waals surface area contributed by atoms with Crippen LogP contribution in [-0.4, -0.2) is 50.3 Å². The van der Waals surface area contributed by atoms with Crippen molar-refractivity contribution in [3.63, 3.8) is 0 Å². The van der Waals surface area contributed by atoms with Gasteiger partial charge < -0.3 is 10.6 Å². The first-order chi connectivity index (χ1) is 9.82. The fourth-order valence-corrected chi connectivity index (χ4v) is 4.40. The Hall–Kier alpha value is -1.11. The molecule has 1 aromatic rings. The molecule has 0 radical (unpaired) electrons. The van der Waals surface area contributed by atoms with Gasteiger partial charge in [0, 0.05) is 38.4 Å². The number of nitrogens with zero attached hydrogens (tertiary/aromatic N) is 2. The van der Waals surface area contributed by atoms with Crippen LogP contribution in [0.4, 0.5) is 5.69 Å². The Bertz CT molecular complexity index is 591. The molecule has 0 saturated carbocycles. The second-order valence-electron chi connectivity index (χ2n) is 6.07. The van der Waals surface area contributed by atoms with Gasteiger partial charge in [-0.05, 0) is 30.5 Å². The van der Waals surface area contributed by atoms with E-state index in [2.05, 4.69) is 18.7 Å². The first kappa shape index (κ1) is 16.3. The third-order valence-corrected chi connectivity index (χ3v) is 5.94. The molecule has 1 heterocycles. The second-order valence-corrected chi connectivity index (χ2v) is 7.98. The molecular formula is C15H25N3O2S. The molecule has 6 heteroatoms. The van der Waals surface area contributed by atoms with Crippen molar-refractivity contribution >= 4 is 15.7 Å². The summed E-state index contributed by atoms with van der Waals surface area (Å²) in [5, 5.41) is 0. The Balaban J connectivity index is 2.13. The predicted molar refractivity (Wildman–Crippen MR) is 85.6 cm³/mol. The van der Waals surface area contributed by atoms with Crippen molar-refractivity contribution in [1.82, 2.24) is 9.21 Å². The maximum absolute atomic E-state index is 12.7. The molecule has 0 aliphatic carbocycles. The summed E-state index contributed by atoms with van der Waals surface area (Å²) in [6.07, 6.45) is 0. The van der Waals surface area contributed by atoms with Gasteiger partial charge in [0.1, 0.15) is 0 Å². The maximum atomic E-state index is 12.7. The van der Waals surface area contributed by atoms with Gasteiger partial charge in [0.05, 0.1) is 4.90 Å². The molecule has 118 valence electrons. The van der Waals surface area contributed by atoms with Gasteiger partial charge >= 0.3 is 0 Å². The van der Waals surface area contributed by atoms with E-state index in [1.165, 1.54) is 0 Å². The van der Waals surface area contributed by atoms with Crippen LogP contribution < -0.4 is 5.73 Å². The summed E-state index contributed by atoms with van der Waals surface area (Å²) >= 11 is 0. The van der Waals surface area contributed by atoms with Gasteiger partial charge in [-0.3, -0.25) is 0 Å². The summed E-state index contributed by atoms with van der Waals surface area (Å²) in [4.78, 5) is 2.66. The summed E-state index contributed by atoms with van der Waals surface area (Å²) in [6, 6.07) is 5.07. The molecule has 0 bridgehead atoms. The average molecular weight is 311 g/mol. The molecule has 5 nitrogen and oxygen atoms in total. The second kappa shape index (κ2) is 6.34. The van der Waals surface area contributed by atoms with Crippen LogP contribution in [0.25, 0.3) is 0 Å². The lowest BCUT2D eigenvalue weighted by Gasteiger charge is -2.35. The van der Waals surface area contributed by atoms with E-state index >= 15 is 0 Å². The highest BCUT2D eigenvalue weighted by atomic mass is 32.2. The van der Waals surface area contributed by atoms with E-state index < -0.39 is 10.0 Å². The van der Waals surface area contributed by atoms with Crippen molar-refractivity contribution in [2.24, 2.45) is 5.92 Å². The van der Waals surface area contributed by atoms with Crippen LogP contribution in [-0.2, 0) is 10.0 Å². The van der Waals surface area contributed by atoms with Crippen molar-refractivity contribution in [3.8, 4) is 0 Å². The van der Waals surface area contributed by atoms with E-state index in [1.807, 2.05) is 0 Å². The van der Waals surface area contributed by atoms with E-state index in [0.717, 1.165) is 19.6 Å². The van der Waals surface area contributed by atoms with E-state index in [0.29, 0.717) is 35.2 Å². The smallest absolute Gasteiger partial charge is 0.243 e. The highest BCUT2D eigenvalue weighted by Gasteiger charge is 2.29. The van der Waals surface area contributed by atoms with E-state index in [1.54, 1.807) is 29.4 Å². The Morgan fingerprint density at radius 1 is 1.19 bits per heavy atom. The highest BCUT2D eigenvalue weighted by molar-refractivity contribution is 7.89. The van der Waals surface area contributed by atoms with Crippen molar-refractivity contribution in [2.75, 3.05) is 38.5 Å². The first-order valence-corrected chi connectivity index (χ1v) is 8.84. The van der Waals surface area contributed by atoms with Gasteiger partial charge in [0.25, 0.3) is 0 Å². The fourth-order valence-electron chi connectivity index (χ4n) is 2.72. The highest BCUT2D eigenvalue weighted by Crippen LogP contribution is 2.24. The molecule has 2 rings (SSSR count). The molecule has 0 aromatic heterocycles. The first-order valence-electron chi connectivity index (χ1n) is 7.40. The number of benzene rings is 1. The Morgan fingerprint density at radius 2 is 1.81 bits per heavy atom. The number of hydrogen-bond donors (Lipinski definition) is 1. The molecular weight excluding hydrogens is 286 g/mol. The standard InChI is InChI=1S/C15H25N3O2S/c1-12(2)11-17-7-9-18(10-8-17)21(19,20)15-6-4-5-14(16)13(15)3/h4-6,12H,7-11,16H2,1-3H3. The molecule has 0 amide bonds. The monoisotopic (exact) mass is 311 g/mol. The van der Waals surface area contributed by atoms with Crippen LogP contribution in [0.2, 0.25) is 0 Å². The van der Waals surface area contributed by atoms with Crippen LogP contribution >= 0.6 is 0 Å². The zero-order valence-corrected chi connectivity index (χ0v) is 13.9. The number of sulfonamides is 1. The van der Waals surface area contributed by atoms with Gasteiger partial charge in [-0.1, -0.05) is 19.9 Å². The molecule has 0 atom stereocenters. The summed E-state index contributed by atoms with van der Waals surface area (Å²) in [5.41, 5.74) is 7.00.